The summed E-state index contributed by atoms with van der Waals surface area (Å²) in [5, 5.41) is 0. The van der Waals surface area contributed by atoms with Crippen LogP contribution in [0.3, 0.4) is 0 Å². The molecule has 0 bridgehead atoms. The maximum atomic E-state index is 12.7. The van der Waals surface area contributed by atoms with Gasteiger partial charge in [0.1, 0.15) is 0 Å². The Morgan fingerprint density at radius 3 is 2.33 bits per heavy atom. The van der Waals surface area contributed by atoms with Crippen LogP contribution >= 0.6 is 0 Å². The summed E-state index contributed by atoms with van der Waals surface area (Å²) in [6, 6.07) is 6.52. The number of hydrogen-bond acceptors (Lipinski definition) is 4. The Kier molecular flexibility index (Phi) is 4.64. The van der Waals surface area contributed by atoms with Crippen LogP contribution in [0.4, 0.5) is 0 Å². The Morgan fingerprint density at radius 2 is 1.67 bits per heavy atom. The molecule has 1 fully saturated rings. The van der Waals surface area contributed by atoms with Crippen molar-refractivity contribution in [1.29, 1.82) is 0 Å². The topological polar surface area (TPSA) is 72.5 Å². The molecule has 24 heavy (non-hydrogen) atoms. The molecule has 5 nitrogen and oxygen atoms in total. The molecule has 0 unspecified atom stereocenters. The molecule has 0 saturated carbocycles. The highest BCUT2D eigenvalue weighted by molar-refractivity contribution is 7.89. The molecule has 0 amide bonds. The molecule has 6 heteroatoms. The van der Waals surface area contributed by atoms with Gasteiger partial charge >= 0.3 is 0 Å². The van der Waals surface area contributed by atoms with Gasteiger partial charge in [0, 0.05) is 5.92 Å². The quantitative estimate of drug-likeness (QED) is 0.851. The van der Waals surface area contributed by atoms with E-state index in [-0.39, 0.29) is 22.5 Å². The molecular formula is C18H23NO4S. The number of nitrogens with one attached hydrogen (secondary N) is 1. The number of carbonyl (C=O) groups is 1. The predicted octanol–water partition coefficient (Wildman–Crippen LogP) is 2.56. The first-order valence-corrected chi connectivity index (χ1v) is 9.66. The van der Waals surface area contributed by atoms with Gasteiger partial charge in [0.15, 0.2) is 12.0 Å². The van der Waals surface area contributed by atoms with E-state index in [1.807, 2.05) is 13.8 Å². The van der Waals surface area contributed by atoms with E-state index in [1.54, 1.807) is 12.1 Å². The molecule has 1 saturated heterocycles. The van der Waals surface area contributed by atoms with Crippen LogP contribution in [0.25, 0.3) is 0 Å². The molecule has 1 N–H and O–H groups in total. The maximum absolute atomic E-state index is 12.7. The van der Waals surface area contributed by atoms with Crippen molar-refractivity contribution in [3.05, 3.63) is 41.0 Å². The molecule has 1 heterocycles. The highest BCUT2D eigenvalue weighted by atomic mass is 32.2. The maximum Gasteiger partial charge on any atom is 0.243 e. The smallest absolute Gasteiger partial charge is 0.243 e. The molecule has 3 atom stereocenters. The lowest BCUT2D eigenvalue weighted by Gasteiger charge is -2.38. The van der Waals surface area contributed by atoms with E-state index in [1.165, 1.54) is 23.3 Å². The van der Waals surface area contributed by atoms with E-state index >= 15 is 0 Å². The van der Waals surface area contributed by atoms with Crippen LogP contribution in [0.5, 0.6) is 0 Å². The van der Waals surface area contributed by atoms with Crippen molar-refractivity contribution < 1.29 is 17.9 Å². The standard InChI is InChI=1S/C18H23NO4S/c1-11-4-6-15(7-5-11)24(21,22)19-18-17(20)16-9-13(3)12(2)8-14(16)10-23-18/h4-7,14,16,18-19H,8-10H2,1-3H3/t14-,16-,18+/m1/s1. The van der Waals surface area contributed by atoms with Crippen LogP contribution in [0, 0.1) is 18.8 Å². The second-order valence-electron chi connectivity index (χ2n) is 6.89. The van der Waals surface area contributed by atoms with E-state index < -0.39 is 16.3 Å². The normalized spacial score (nSPS) is 28.0. The number of ketones is 1. The largest absolute Gasteiger partial charge is 0.355 e. The molecule has 0 radical (unpaired) electrons. The van der Waals surface area contributed by atoms with Crippen molar-refractivity contribution >= 4 is 15.8 Å². The minimum Gasteiger partial charge on any atom is -0.355 e. The third-order valence-corrected chi connectivity index (χ3v) is 6.50. The van der Waals surface area contributed by atoms with Gasteiger partial charge in [0.05, 0.1) is 11.5 Å². The van der Waals surface area contributed by atoms with Crippen molar-refractivity contribution in [3.63, 3.8) is 0 Å². The van der Waals surface area contributed by atoms with Gasteiger partial charge < -0.3 is 4.74 Å². The number of hydrogen-bond donors (Lipinski definition) is 1. The van der Waals surface area contributed by atoms with Gasteiger partial charge in [-0.1, -0.05) is 28.8 Å². The monoisotopic (exact) mass is 349 g/mol. The van der Waals surface area contributed by atoms with Crippen LogP contribution in [-0.2, 0) is 19.6 Å². The number of allylic oxidation sites excluding steroid dienone is 2. The molecule has 3 rings (SSSR count). The summed E-state index contributed by atoms with van der Waals surface area (Å²) in [4.78, 5) is 12.8. The van der Waals surface area contributed by atoms with E-state index in [0.29, 0.717) is 13.0 Å². The summed E-state index contributed by atoms with van der Waals surface area (Å²) in [6.45, 7) is 6.42. The van der Waals surface area contributed by atoms with Crippen molar-refractivity contribution in [1.82, 2.24) is 4.72 Å². The Labute approximate surface area is 143 Å². The minimum absolute atomic E-state index is 0.141. The summed E-state index contributed by atoms with van der Waals surface area (Å²) < 4.78 is 32.9. The van der Waals surface area contributed by atoms with Gasteiger partial charge in [0.2, 0.25) is 10.0 Å². The zero-order chi connectivity index (χ0) is 17.5. The van der Waals surface area contributed by atoms with Crippen molar-refractivity contribution in [3.8, 4) is 0 Å². The number of ether oxygens (including phenoxy) is 1. The number of rotatable bonds is 3. The van der Waals surface area contributed by atoms with Crippen LogP contribution in [0.15, 0.2) is 40.3 Å². The third-order valence-electron chi connectivity index (χ3n) is 5.09. The predicted molar refractivity (Wildman–Crippen MR) is 90.8 cm³/mol. The van der Waals surface area contributed by atoms with Crippen LogP contribution < -0.4 is 4.72 Å². The fourth-order valence-corrected chi connectivity index (χ4v) is 4.50. The van der Waals surface area contributed by atoms with Gasteiger partial charge in [-0.05, 0) is 51.7 Å². The number of sulfonamides is 1. The van der Waals surface area contributed by atoms with Crippen LogP contribution in [0.2, 0.25) is 0 Å². The molecule has 130 valence electrons. The van der Waals surface area contributed by atoms with Crippen molar-refractivity contribution in [2.75, 3.05) is 6.61 Å². The average Bonchev–Trinajstić information content (AvgIpc) is 2.53. The number of aryl methyl sites for hydroxylation is 1. The third kappa shape index (κ3) is 3.31. The van der Waals surface area contributed by atoms with Crippen molar-refractivity contribution in [2.24, 2.45) is 11.8 Å². The highest BCUT2D eigenvalue weighted by Gasteiger charge is 2.42. The fourth-order valence-electron chi connectivity index (χ4n) is 3.40. The van der Waals surface area contributed by atoms with Crippen LogP contribution in [0.1, 0.15) is 32.3 Å². The molecule has 1 aliphatic heterocycles. The molecule has 2 aliphatic rings. The molecular weight excluding hydrogens is 326 g/mol. The number of fused-ring (bicyclic) bond motifs is 1. The number of carbonyl (C=O) groups excluding carboxylic acids is 1. The summed E-state index contributed by atoms with van der Waals surface area (Å²) in [6.07, 6.45) is 0.449. The lowest BCUT2D eigenvalue weighted by Crippen LogP contribution is -2.52. The Balaban J connectivity index is 1.77. The van der Waals surface area contributed by atoms with E-state index in [4.69, 9.17) is 4.74 Å². The second kappa shape index (κ2) is 6.43. The fraction of sp³-hybridized carbons (Fsp3) is 0.500. The van der Waals surface area contributed by atoms with Crippen molar-refractivity contribution in [2.45, 2.75) is 44.7 Å². The van der Waals surface area contributed by atoms with E-state index in [9.17, 15) is 13.2 Å². The van der Waals surface area contributed by atoms with Crippen LogP contribution in [-0.4, -0.2) is 27.0 Å². The Hall–Kier alpha value is -1.50. The lowest BCUT2D eigenvalue weighted by atomic mass is 9.73. The second-order valence-corrected chi connectivity index (χ2v) is 8.60. The molecule has 0 spiro atoms. The van der Waals surface area contributed by atoms with Gasteiger partial charge in [-0.2, -0.15) is 4.72 Å². The lowest BCUT2D eigenvalue weighted by molar-refractivity contribution is -0.148. The molecule has 1 aromatic rings. The van der Waals surface area contributed by atoms with Gasteiger partial charge in [-0.25, -0.2) is 8.42 Å². The molecule has 0 aromatic heterocycles. The Morgan fingerprint density at radius 1 is 1.04 bits per heavy atom. The first-order chi connectivity index (χ1) is 11.3. The summed E-state index contributed by atoms with van der Waals surface area (Å²) >= 11 is 0. The number of Topliss-reactive ketones (excluding diaryl/α,β-unsaturated/α-hetero) is 1. The zero-order valence-electron chi connectivity index (χ0n) is 14.2. The summed E-state index contributed by atoms with van der Waals surface area (Å²) in [7, 11) is -3.78. The molecule has 1 aromatic carbocycles. The first-order valence-electron chi connectivity index (χ1n) is 8.17. The average molecular weight is 349 g/mol. The molecule has 1 aliphatic carbocycles. The SMILES string of the molecule is CC1=C(C)C[C@H]2C(=O)[C@@H](NS(=O)(=O)c3ccc(C)cc3)OC[C@H]2C1. The zero-order valence-corrected chi connectivity index (χ0v) is 15.0. The first kappa shape index (κ1) is 17.3. The minimum atomic E-state index is -3.78. The summed E-state index contributed by atoms with van der Waals surface area (Å²) in [5.74, 6) is -0.164. The summed E-state index contributed by atoms with van der Waals surface area (Å²) in [5.41, 5.74) is 3.51. The van der Waals surface area contributed by atoms with Gasteiger partial charge in [-0.3, -0.25) is 4.79 Å². The van der Waals surface area contributed by atoms with Gasteiger partial charge in [0.25, 0.3) is 0 Å². The van der Waals surface area contributed by atoms with E-state index in [2.05, 4.69) is 11.6 Å². The number of benzene rings is 1. The van der Waals surface area contributed by atoms with E-state index in [0.717, 1.165) is 12.0 Å². The Bertz CT molecular complexity index is 780. The van der Waals surface area contributed by atoms with Gasteiger partial charge in [-0.15, -0.1) is 0 Å². The highest BCUT2D eigenvalue weighted by Crippen LogP contribution is 2.38.